The molecule has 4 aromatic carbocycles. The minimum atomic E-state index is -0.307. The van der Waals surface area contributed by atoms with Crippen LogP contribution in [0.25, 0.3) is 33.5 Å². The Morgan fingerprint density at radius 3 is 2.78 bits per heavy atom. The molecule has 0 unspecified atom stereocenters. The summed E-state index contributed by atoms with van der Waals surface area (Å²) in [5.74, 6) is 2.88. The predicted octanol–water partition coefficient (Wildman–Crippen LogP) is 7.26. The molecule has 0 radical (unpaired) electrons. The lowest BCUT2D eigenvalue weighted by molar-refractivity contribution is 0.174. The highest BCUT2D eigenvalue weighted by molar-refractivity contribution is 14.1. The first-order chi connectivity index (χ1) is 20.0. The number of furan rings is 1. The maximum absolute atomic E-state index is 13.5. The molecule has 0 bridgehead atoms. The number of benzene rings is 4. The first-order valence-corrected chi connectivity index (χ1v) is 14.0. The molecule has 0 N–H and O–H groups in total. The van der Waals surface area contributed by atoms with Gasteiger partial charge in [-0.3, -0.25) is 4.79 Å². The van der Waals surface area contributed by atoms with Gasteiger partial charge >= 0.3 is 0 Å². The van der Waals surface area contributed by atoms with E-state index in [9.17, 15) is 4.79 Å². The van der Waals surface area contributed by atoms with Gasteiger partial charge in [0, 0.05) is 10.4 Å². The number of hydrogen-bond acceptors (Lipinski definition) is 7. The Morgan fingerprint density at radius 1 is 1.00 bits per heavy atom. The third-order valence-corrected chi connectivity index (χ3v) is 7.64. The SMILES string of the molecule is O=c1c2ccccc2nc(-c2cc3cc(Cl)ccc3o2)n1N=Cc1ccc(OCc2ccc3c(c2)OCO3)c(I)c1. The van der Waals surface area contributed by atoms with E-state index in [1.807, 2.05) is 42.5 Å². The monoisotopic (exact) mass is 675 g/mol. The van der Waals surface area contributed by atoms with E-state index in [1.54, 1.807) is 48.7 Å². The molecular weight excluding hydrogens is 657 g/mol. The molecule has 8 nitrogen and oxygen atoms in total. The molecule has 2 aromatic heterocycles. The van der Waals surface area contributed by atoms with Crippen molar-refractivity contribution in [1.29, 1.82) is 0 Å². The van der Waals surface area contributed by atoms with Gasteiger partial charge in [0.1, 0.15) is 17.9 Å². The molecule has 6 aromatic rings. The second-order valence-corrected chi connectivity index (χ2v) is 10.9. The zero-order valence-corrected chi connectivity index (χ0v) is 24.1. The average Bonchev–Trinajstić information content (AvgIpc) is 3.62. The number of hydrogen-bond donors (Lipinski definition) is 0. The van der Waals surface area contributed by atoms with Crippen LogP contribution in [0.4, 0.5) is 0 Å². The molecule has 7 rings (SSSR count). The van der Waals surface area contributed by atoms with Crippen molar-refractivity contribution in [2.75, 3.05) is 6.79 Å². The van der Waals surface area contributed by atoms with Crippen molar-refractivity contribution in [2.45, 2.75) is 6.61 Å². The van der Waals surface area contributed by atoms with E-state index in [4.69, 9.17) is 35.2 Å². The Balaban J connectivity index is 1.20. The van der Waals surface area contributed by atoms with Crippen molar-refractivity contribution in [3.8, 4) is 28.8 Å². The third kappa shape index (κ3) is 5.02. The zero-order chi connectivity index (χ0) is 27.9. The molecule has 41 heavy (non-hydrogen) atoms. The van der Waals surface area contributed by atoms with Gasteiger partial charge in [0.2, 0.25) is 12.6 Å². The molecule has 1 aliphatic rings. The summed E-state index contributed by atoms with van der Waals surface area (Å²) in [6.07, 6.45) is 1.62. The van der Waals surface area contributed by atoms with Gasteiger partial charge in [-0.1, -0.05) is 29.8 Å². The minimum absolute atomic E-state index is 0.233. The Morgan fingerprint density at radius 2 is 1.88 bits per heavy atom. The summed E-state index contributed by atoms with van der Waals surface area (Å²) in [6, 6.07) is 25.7. The Bertz CT molecular complexity index is 2050. The van der Waals surface area contributed by atoms with Crippen molar-refractivity contribution in [3.63, 3.8) is 0 Å². The van der Waals surface area contributed by atoms with Gasteiger partial charge in [0.25, 0.3) is 5.56 Å². The summed E-state index contributed by atoms with van der Waals surface area (Å²) in [6.45, 7) is 0.612. The first-order valence-electron chi connectivity index (χ1n) is 12.6. The van der Waals surface area contributed by atoms with Crippen LogP contribution in [0, 0.1) is 3.57 Å². The van der Waals surface area contributed by atoms with Gasteiger partial charge in [-0.25, -0.2) is 4.98 Å². The average molecular weight is 676 g/mol. The van der Waals surface area contributed by atoms with Crippen LogP contribution in [-0.4, -0.2) is 22.7 Å². The van der Waals surface area contributed by atoms with Crippen LogP contribution in [0.3, 0.4) is 0 Å². The number of para-hydroxylation sites is 1. The summed E-state index contributed by atoms with van der Waals surface area (Å²) in [5.41, 5.74) is 2.63. The largest absolute Gasteiger partial charge is 0.488 e. The fourth-order valence-electron chi connectivity index (χ4n) is 4.55. The van der Waals surface area contributed by atoms with E-state index in [1.165, 1.54) is 4.68 Å². The zero-order valence-electron chi connectivity index (χ0n) is 21.2. The van der Waals surface area contributed by atoms with Crippen LogP contribution in [-0.2, 0) is 6.61 Å². The Labute approximate surface area is 251 Å². The molecule has 0 saturated heterocycles. The fourth-order valence-corrected chi connectivity index (χ4v) is 5.42. The summed E-state index contributed by atoms with van der Waals surface area (Å²) < 4.78 is 25.1. The van der Waals surface area contributed by atoms with Crippen molar-refractivity contribution in [1.82, 2.24) is 9.66 Å². The van der Waals surface area contributed by atoms with E-state index >= 15 is 0 Å². The van der Waals surface area contributed by atoms with Crippen LogP contribution in [0.2, 0.25) is 5.02 Å². The van der Waals surface area contributed by atoms with Gasteiger partial charge < -0.3 is 18.6 Å². The molecule has 0 atom stereocenters. The van der Waals surface area contributed by atoms with E-state index in [2.05, 4.69) is 27.7 Å². The summed E-state index contributed by atoms with van der Waals surface area (Å²) in [4.78, 5) is 18.3. The number of aromatic nitrogens is 2. The molecule has 0 fully saturated rings. The van der Waals surface area contributed by atoms with E-state index in [0.717, 1.165) is 37.3 Å². The van der Waals surface area contributed by atoms with Gasteiger partial charge in [0.15, 0.2) is 17.3 Å². The number of ether oxygens (including phenoxy) is 3. The predicted molar refractivity (Wildman–Crippen MR) is 165 cm³/mol. The maximum Gasteiger partial charge on any atom is 0.282 e. The molecule has 0 aliphatic carbocycles. The number of nitrogens with zero attached hydrogens (tertiary/aromatic N) is 3. The summed E-state index contributed by atoms with van der Waals surface area (Å²) >= 11 is 8.38. The number of rotatable bonds is 6. The molecule has 0 spiro atoms. The molecular formula is C31H19ClIN3O5. The highest BCUT2D eigenvalue weighted by Gasteiger charge is 2.17. The third-order valence-electron chi connectivity index (χ3n) is 6.56. The second kappa shape index (κ2) is 10.6. The van der Waals surface area contributed by atoms with E-state index in [-0.39, 0.29) is 18.2 Å². The Hall–Kier alpha value is -4.35. The minimum Gasteiger partial charge on any atom is -0.488 e. The van der Waals surface area contributed by atoms with E-state index in [0.29, 0.717) is 33.9 Å². The lowest BCUT2D eigenvalue weighted by Crippen LogP contribution is -2.20. The molecule has 0 saturated carbocycles. The Kier molecular flexibility index (Phi) is 6.60. The normalized spacial score (nSPS) is 12.5. The first kappa shape index (κ1) is 25.6. The lowest BCUT2D eigenvalue weighted by atomic mass is 10.2. The van der Waals surface area contributed by atoms with Crippen LogP contribution >= 0.6 is 34.2 Å². The summed E-state index contributed by atoms with van der Waals surface area (Å²) in [5, 5.41) is 6.39. The highest BCUT2D eigenvalue weighted by Crippen LogP contribution is 2.33. The van der Waals surface area contributed by atoms with Gasteiger partial charge in [-0.15, -0.1) is 0 Å². The van der Waals surface area contributed by atoms with Gasteiger partial charge in [0.05, 0.1) is 20.7 Å². The van der Waals surface area contributed by atoms with Crippen LogP contribution in [0.1, 0.15) is 11.1 Å². The van der Waals surface area contributed by atoms with Crippen molar-refractivity contribution in [3.05, 3.63) is 115 Å². The summed E-state index contributed by atoms with van der Waals surface area (Å²) in [7, 11) is 0. The highest BCUT2D eigenvalue weighted by atomic mass is 127. The smallest absolute Gasteiger partial charge is 0.282 e. The number of fused-ring (bicyclic) bond motifs is 3. The quantitative estimate of drug-likeness (QED) is 0.137. The topological polar surface area (TPSA) is 88.1 Å². The van der Waals surface area contributed by atoms with Crippen molar-refractivity contribution >= 4 is 62.3 Å². The molecule has 1 aliphatic heterocycles. The van der Waals surface area contributed by atoms with Crippen molar-refractivity contribution in [2.24, 2.45) is 5.10 Å². The lowest BCUT2D eigenvalue weighted by Gasteiger charge is -2.10. The van der Waals surface area contributed by atoms with Gasteiger partial charge in [-0.2, -0.15) is 9.78 Å². The fraction of sp³-hybridized carbons (Fsp3) is 0.0645. The van der Waals surface area contributed by atoms with Crippen molar-refractivity contribution < 1.29 is 18.6 Å². The molecule has 0 amide bonds. The van der Waals surface area contributed by atoms with Crippen LogP contribution < -0.4 is 19.8 Å². The van der Waals surface area contributed by atoms with Gasteiger partial charge in [-0.05, 0) is 100 Å². The van der Waals surface area contributed by atoms with Crippen LogP contribution in [0.5, 0.6) is 17.2 Å². The standard InChI is InChI=1S/C31H19ClIN3O5/c32-21-7-10-25-20(13-21)14-29(41-25)30-35-24-4-2-1-3-22(24)31(37)36(30)34-15-18-5-8-26(23(33)11-18)38-16-19-6-9-27-28(12-19)40-17-39-27/h1-15H,16-17H2. The second-order valence-electron chi connectivity index (χ2n) is 9.27. The molecule has 202 valence electrons. The molecule has 10 heteroatoms. The molecule has 3 heterocycles. The number of halogens is 2. The maximum atomic E-state index is 13.5. The van der Waals surface area contributed by atoms with Crippen LogP contribution in [0.15, 0.2) is 99.2 Å². The van der Waals surface area contributed by atoms with E-state index < -0.39 is 0 Å².